The molecule has 16 heavy (non-hydrogen) atoms. The van der Waals surface area contributed by atoms with Crippen LogP contribution in [-0.4, -0.2) is 23.5 Å². The molecule has 0 aliphatic carbocycles. The maximum absolute atomic E-state index is 11.4. The molecule has 84 valence electrons. The highest BCUT2D eigenvalue weighted by Gasteiger charge is 2.32. The van der Waals surface area contributed by atoms with Gasteiger partial charge in [-0.2, -0.15) is 0 Å². The van der Waals surface area contributed by atoms with E-state index in [4.69, 9.17) is 4.74 Å². The molecule has 2 rings (SSSR count). The summed E-state index contributed by atoms with van der Waals surface area (Å²) in [5.41, 5.74) is 0.937. The van der Waals surface area contributed by atoms with Crippen molar-refractivity contribution in [3.05, 3.63) is 29.8 Å². The summed E-state index contributed by atoms with van der Waals surface area (Å²) in [5.74, 6) is 0.524. The first-order valence-corrected chi connectivity index (χ1v) is 5.72. The first-order chi connectivity index (χ1) is 7.70. The van der Waals surface area contributed by atoms with Crippen molar-refractivity contribution in [3.63, 3.8) is 0 Å². The van der Waals surface area contributed by atoms with Gasteiger partial charge in [0.05, 0.1) is 12.4 Å². The van der Waals surface area contributed by atoms with Gasteiger partial charge >= 0.3 is 0 Å². The molecule has 0 spiro atoms. The van der Waals surface area contributed by atoms with Crippen LogP contribution in [0, 0.1) is 0 Å². The highest BCUT2D eigenvalue weighted by atomic mass is 32.2. The van der Waals surface area contributed by atoms with Crippen LogP contribution in [0.2, 0.25) is 0 Å². The Hall–Kier alpha value is -1.49. The van der Waals surface area contributed by atoms with Gasteiger partial charge < -0.3 is 4.74 Å². The number of hydrogen-bond acceptors (Lipinski definition) is 4. The molecule has 0 radical (unpaired) electrons. The summed E-state index contributed by atoms with van der Waals surface area (Å²) in [7, 11) is 1.59. The van der Waals surface area contributed by atoms with Gasteiger partial charge in [-0.25, -0.2) is 0 Å². The van der Waals surface area contributed by atoms with E-state index in [0.717, 1.165) is 23.1 Å². The van der Waals surface area contributed by atoms with Gasteiger partial charge in [0.25, 0.3) is 5.24 Å². The second-order valence-corrected chi connectivity index (χ2v) is 4.57. The summed E-state index contributed by atoms with van der Waals surface area (Å²) < 4.78 is 5.19. The van der Waals surface area contributed by atoms with E-state index in [2.05, 4.69) is 5.32 Å². The predicted octanol–water partition coefficient (Wildman–Crippen LogP) is 1.59. The van der Waals surface area contributed by atoms with Crippen molar-refractivity contribution in [1.29, 1.82) is 0 Å². The molecule has 1 aliphatic heterocycles. The van der Waals surface area contributed by atoms with Crippen molar-refractivity contribution >= 4 is 22.9 Å². The number of benzene rings is 1. The number of methoxy groups -OCH3 is 1. The lowest BCUT2D eigenvalue weighted by Crippen LogP contribution is -2.25. The van der Waals surface area contributed by atoms with E-state index in [-0.39, 0.29) is 16.4 Å². The van der Waals surface area contributed by atoms with Crippen LogP contribution in [0.3, 0.4) is 0 Å². The van der Waals surface area contributed by atoms with Crippen molar-refractivity contribution in [3.8, 4) is 5.75 Å². The molecule has 5 heteroatoms. The number of para-hydroxylation sites is 1. The molecule has 1 aromatic rings. The van der Waals surface area contributed by atoms with Crippen molar-refractivity contribution in [2.24, 2.45) is 0 Å². The third kappa shape index (κ3) is 2.19. The molecule has 1 N–H and O–H groups in total. The van der Waals surface area contributed by atoms with Gasteiger partial charge in [-0.3, -0.25) is 14.9 Å². The number of hydrogen-bond donors (Lipinski definition) is 1. The number of imide groups is 1. The second kappa shape index (κ2) is 4.57. The van der Waals surface area contributed by atoms with Gasteiger partial charge in [0.2, 0.25) is 5.91 Å². The predicted molar refractivity (Wildman–Crippen MR) is 61.6 cm³/mol. The summed E-state index contributed by atoms with van der Waals surface area (Å²) in [4.78, 5) is 22.4. The summed E-state index contributed by atoms with van der Waals surface area (Å²) in [6.07, 6.45) is 0.506. The molecule has 0 bridgehead atoms. The van der Waals surface area contributed by atoms with E-state index >= 15 is 0 Å². The summed E-state index contributed by atoms with van der Waals surface area (Å²) in [6, 6.07) is 7.50. The van der Waals surface area contributed by atoms with Gasteiger partial charge in [-0.1, -0.05) is 30.0 Å². The Labute approximate surface area is 97.4 Å². The fourth-order valence-corrected chi connectivity index (χ4v) is 2.45. The van der Waals surface area contributed by atoms with Crippen molar-refractivity contribution in [1.82, 2.24) is 5.32 Å². The average molecular weight is 237 g/mol. The molecule has 0 saturated carbocycles. The molecular weight excluding hydrogens is 226 g/mol. The van der Waals surface area contributed by atoms with Gasteiger partial charge in [0.1, 0.15) is 5.75 Å². The lowest BCUT2D eigenvalue weighted by atomic mass is 10.1. The first-order valence-electron chi connectivity index (χ1n) is 4.84. The standard InChI is InChI=1S/C11H11NO3S/c1-15-8-5-3-2-4-7(8)6-9-10(13)12-11(14)16-9/h2-5,9H,6H2,1H3,(H,12,13,14). The topological polar surface area (TPSA) is 55.4 Å². The Morgan fingerprint density at radius 2 is 2.12 bits per heavy atom. The number of ether oxygens (including phenoxy) is 1. The Morgan fingerprint density at radius 3 is 2.75 bits per heavy atom. The maximum atomic E-state index is 11.4. The summed E-state index contributed by atoms with van der Waals surface area (Å²) in [6.45, 7) is 0. The fourth-order valence-electron chi connectivity index (χ4n) is 1.60. The zero-order valence-electron chi connectivity index (χ0n) is 8.73. The molecule has 1 saturated heterocycles. The van der Waals surface area contributed by atoms with E-state index in [1.807, 2.05) is 24.3 Å². The minimum atomic E-state index is -0.344. The van der Waals surface area contributed by atoms with E-state index in [0.29, 0.717) is 6.42 Å². The van der Waals surface area contributed by atoms with Crippen LogP contribution in [0.15, 0.2) is 24.3 Å². The average Bonchev–Trinajstić information content (AvgIpc) is 2.58. The Balaban J connectivity index is 2.14. The zero-order chi connectivity index (χ0) is 11.5. The molecule has 1 aromatic carbocycles. The van der Waals surface area contributed by atoms with E-state index < -0.39 is 0 Å². The molecule has 1 heterocycles. The number of rotatable bonds is 3. The minimum Gasteiger partial charge on any atom is -0.496 e. The fraction of sp³-hybridized carbons (Fsp3) is 0.273. The van der Waals surface area contributed by atoms with Gasteiger partial charge in [-0.15, -0.1) is 0 Å². The lowest BCUT2D eigenvalue weighted by Gasteiger charge is -2.09. The van der Waals surface area contributed by atoms with Crippen molar-refractivity contribution in [2.45, 2.75) is 11.7 Å². The highest BCUT2D eigenvalue weighted by Crippen LogP contribution is 2.26. The Bertz CT molecular complexity index is 433. The number of nitrogens with one attached hydrogen (secondary N) is 1. The molecule has 2 amide bonds. The molecule has 4 nitrogen and oxygen atoms in total. The van der Waals surface area contributed by atoms with E-state index in [1.54, 1.807) is 7.11 Å². The number of amides is 2. The summed E-state index contributed by atoms with van der Waals surface area (Å²) in [5, 5.41) is 1.65. The van der Waals surface area contributed by atoms with Crippen LogP contribution in [-0.2, 0) is 11.2 Å². The monoisotopic (exact) mass is 237 g/mol. The summed E-state index contributed by atoms with van der Waals surface area (Å²) >= 11 is 1.03. The van der Waals surface area contributed by atoms with E-state index in [1.165, 1.54) is 0 Å². The van der Waals surface area contributed by atoms with Crippen LogP contribution in [0.5, 0.6) is 5.75 Å². The van der Waals surface area contributed by atoms with Crippen LogP contribution in [0.4, 0.5) is 4.79 Å². The van der Waals surface area contributed by atoms with Crippen LogP contribution < -0.4 is 10.1 Å². The number of carbonyl (C=O) groups is 2. The smallest absolute Gasteiger partial charge is 0.286 e. The van der Waals surface area contributed by atoms with Gasteiger partial charge in [-0.05, 0) is 18.1 Å². The first kappa shape index (κ1) is 11.0. The zero-order valence-corrected chi connectivity index (χ0v) is 9.54. The van der Waals surface area contributed by atoms with Crippen LogP contribution >= 0.6 is 11.8 Å². The van der Waals surface area contributed by atoms with Crippen LogP contribution in [0.25, 0.3) is 0 Å². The molecule has 1 unspecified atom stereocenters. The normalized spacial score (nSPS) is 19.7. The third-order valence-corrected chi connectivity index (χ3v) is 3.35. The second-order valence-electron chi connectivity index (χ2n) is 3.40. The molecular formula is C11H11NO3S. The Kier molecular flexibility index (Phi) is 3.14. The highest BCUT2D eigenvalue weighted by molar-refractivity contribution is 8.15. The molecule has 1 aliphatic rings. The van der Waals surface area contributed by atoms with Crippen LogP contribution in [0.1, 0.15) is 5.56 Å². The number of thioether (sulfide) groups is 1. The van der Waals surface area contributed by atoms with E-state index in [9.17, 15) is 9.59 Å². The minimum absolute atomic E-state index is 0.221. The maximum Gasteiger partial charge on any atom is 0.286 e. The quantitative estimate of drug-likeness (QED) is 0.867. The molecule has 1 atom stereocenters. The SMILES string of the molecule is COc1ccccc1CC1SC(=O)NC1=O. The number of carbonyl (C=O) groups excluding carboxylic acids is 2. The molecule has 0 aromatic heterocycles. The van der Waals surface area contributed by atoms with Gasteiger partial charge in [0.15, 0.2) is 0 Å². The van der Waals surface area contributed by atoms with Crippen molar-refractivity contribution < 1.29 is 14.3 Å². The van der Waals surface area contributed by atoms with Crippen molar-refractivity contribution in [2.75, 3.05) is 7.11 Å². The lowest BCUT2D eigenvalue weighted by molar-refractivity contribution is -0.118. The molecule has 1 fully saturated rings. The largest absolute Gasteiger partial charge is 0.496 e. The third-order valence-electron chi connectivity index (χ3n) is 2.36. The van der Waals surface area contributed by atoms with Gasteiger partial charge in [0, 0.05) is 0 Å². The Morgan fingerprint density at radius 1 is 1.38 bits per heavy atom.